The van der Waals surface area contributed by atoms with E-state index < -0.39 is 0 Å². The summed E-state index contributed by atoms with van der Waals surface area (Å²) in [5.74, 6) is 1.11. The summed E-state index contributed by atoms with van der Waals surface area (Å²) in [6, 6.07) is 11.9. The van der Waals surface area contributed by atoms with Crippen LogP contribution in [0.15, 0.2) is 48.8 Å². The van der Waals surface area contributed by atoms with Crippen molar-refractivity contribution in [2.45, 2.75) is 18.9 Å². The van der Waals surface area contributed by atoms with E-state index in [1.165, 1.54) is 5.56 Å². The Bertz CT molecular complexity index is 482. The molecule has 0 saturated heterocycles. The first-order valence-corrected chi connectivity index (χ1v) is 6.02. The number of aromatic nitrogens is 1. The van der Waals surface area contributed by atoms with Gasteiger partial charge in [0, 0.05) is 24.4 Å². The molecule has 2 atom stereocenters. The fourth-order valence-electron chi connectivity index (χ4n) is 1.99. The van der Waals surface area contributed by atoms with Gasteiger partial charge in [-0.05, 0) is 35.4 Å². The zero-order valence-electron chi connectivity index (χ0n) is 10.7. The molecule has 0 saturated carbocycles. The fraction of sp³-hybridized carbons (Fsp3) is 0.267. The minimum absolute atomic E-state index is 0.0265. The van der Waals surface area contributed by atoms with Crippen LogP contribution in [0.25, 0.3) is 0 Å². The Kier molecular flexibility index (Phi) is 3.95. The van der Waals surface area contributed by atoms with Crippen LogP contribution in [0.4, 0.5) is 0 Å². The van der Waals surface area contributed by atoms with E-state index in [2.05, 4.69) is 24.0 Å². The maximum absolute atomic E-state index is 6.28. The molecule has 0 fully saturated rings. The van der Waals surface area contributed by atoms with Gasteiger partial charge in [-0.3, -0.25) is 4.98 Å². The fourth-order valence-corrected chi connectivity index (χ4v) is 1.99. The monoisotopic (exact) mass is 242 g/mol. The van der Waals surface area contributed by atoms with Crippen LogP contribution in [0.1, 0.15) is 30.0 Å². The summed E-state index contributed by atoms with van der Waals surface area (Å²) in [6.45, 7) is 2.13. The number of ether oxygens (including phenoxy) is 1. The van der Waals surface area contributed by atoms with Crippen molar-refractivity contribution in [3.05, 3.63) is 59.9 Å². The average molecular weight is 242 g/mol. The SMILES string of the molecule is COc1ccc(C(C)C(N)c2ccncc2)cc1. The molecule has 1 heterocycles. The van der Waals surface area contributed by atoms with Crippen molar-refractivity contribution >= 4 is 0 Å². The lowest BCUT2D eigenvalue weighted by Gasteiger charge is -2.20. The average Bonchev–Trinajstić information content (AvgIpc) is 2.47. The number of benzene rings is 1. The van der Waals surface area contributed by atoms with Crippen LogP contribution in [0.3, 0.4) is 0 Å². The van der Waals surface area contributed by atoms with Gasteiger partial charge in [-0.15, -0.1) is 0 Å². The van der Waals surface area contributed by atoms with Gasteiger partial charge in [-0.25, -0.2) is 0 Å². The zero-order chi connectivity index (χ0) is 13.0. The zero-order valence-corrected chi connectivity index (χ0v) is 10.7. The number of nitrogens with two attached hydrogens (primary N) is 1. The molecule has 0 aliphatic rings. The molecule has 2 rings (SSSR count). The van der Waals surface area contributed by atoms with Crippen LogP contribution in [0.5, 0.6) is 5.75 Å². The first-order valence-electron chi connectivity index (χ1n) is 6.02. The summed E-state index contributed by atoms with van der Waals surface area (Å²) in [4.78, 5) is 4.01. The van der Waals surface area contributed by atoms with Gasteiger partial charge < -0.3 is 10.5 Å². The quantitative estimate of drug-likeness (QED) is 0.896. The van der Waals surface area contributed by atoms with Gasteiger partial charge in [-0.1, -0.05) is 19.1 Å². The molecule has 3 nitrogen and oxygen atoms in total. The Morgan fingerprint density at radius 2 is 1.61 bits per heavy atom. The van der Waals surface area contributed by atoms with E-state index in [9.17, 15) is 0 Å². The van der Waals surface area contributed by atoms with Gasteiger partial charge in [0.2, 0.25) is 0 Å². The predicted molar refractivity (Wildman–Crippen MR) is 72.6 cm³/mol. The van der Waals surface area contributed by atoms with Crippen molar-refractivity contribution in [3.63, 3.8) is 0 Å². The Labute approximate surface area is 108 Å². The molecular formula is C15H18N2O. The molecule has 2 aromatic rings. The largest absolute Gasteiger partial charge is 0.497 e. The molecule has 0 aliphatic heterocycles. The Balaban J connectivity index is 2.17. The second kappa shape index (κ2) is 5.65. The Morgan fingerprint density at radius 3 is 2.17 bits per heavy atom. The molecule has 2 unspecified atom stereocenters. The van der Waals surface area contributed by atoms with Crippen LogP contribution in [-0.4, -0.2) is 12.1 Å². The second-order valence-electron chi connectivity index (χ2n) is 4.37. The van der Waals surface area contributed by atoms with Crippen molar-refractivity contribution in [3.8, 4) is 5.75 Å². The molecule has 1 aromatic heterocycles. The van der Waals surface area contributed by atoms with E-state index in [1.807, 2.05) is 24.3 Å². The Hall–Kier alpha value is -1.87. The number of rotatable bonds is 4. The van der Waals surface area contributed by atoms with Gasteiger partial charge in [0.1, 0.15) is 5.75 Å². The van der Waals surface area contributed by atoms with Crippen molar-refractivity contribution < 1.29 is 4.74 Å². The summed E-state index contributed by atoms with van der Waals surface area (Å²) in [7, 11) is 1.67. The van der Waals surface area contributed by atoms with Crippen LogP contribution >= 0.6 is 0 Å². The second-order valence-corrected chi connectivity index (χ2v) is 4.37. The number of methoxy groups -OCH3 is 1. The summed E-state index contributed by atoms with van der Waals surface area (Å²) < 4.78 is 5.15. The standard InChI is InChI=1S/C15H18N2O/c1-11(12-3-5-14(18-2)6-4-12)15(16)13-7-9-17-10-8-13/h3-11,15H,16H2,1-2H3. The van der Waals surface area contributed by atoms with E-state index in [0.717, 1.165) is 11.3 Å². The summed E-state index contributed by atoms with van der Waals surface area (Å²) in [5.41, 5.74) is 8.60. The topological polar surface area (TPSA) is 48.1 Å². The minimum Gasteiger partial charge on any atom is -0.497 e. The van der Waals surface area contributed by atoms with Gasteiger partial charge in [0.25, 0.3) is 0 Å². The molecule has 0 radical (unpaired) electrons. The first kappa shape index (κ1) is 12.6. The lowest BCUT2D eigenvalue weighted by molar-refractivity contribution is 0.414. The number of nitrogens with zero attached hydrogens (tertiary/aromatic N) is 1. The Morgan fingerprint density at radius 1 is 1.00 bits per heavy atom. The molecule has 3 heteroatoms. The number of pyridine rings is 1. The predicted octanol–water partition coefficient (Wildman–Crippen LogP) is 2.89. The third-order valence-corrected chi connectivity index (χ3v) is 3.27. The van der Waals surface area contributed by atoms with Crippen LogP contribution in [0, 0.1) is 0 Å². The third-order valence-electron chi connectivity index (χ3n) is 3.27. The number of hydrogen-bond donors (Lipinski definition) is 1. The first-order chi connectivity index (χ1) is 8.72. The van der Waals surface area contributed by atoms with Crippen molar-refractivity contribution in [1.82, 2.24) is 4.98 Å². The molecule has 0 amide bonds. The smallest absolute Gasteiger partial charge is 0.118 e. The van der Waals surface area contributed by atoms with E-state index in [1.54, 1.807) is 19.5 Å². The molecule has 0 bridgehead atoms. The van der Waals surface area contributed by atoms with E-state index >= 15 is 0 Å². The van der Waals surface area contributed by atoms with E-state index in [-0.39, 0.29) is 12.0 Å². The summed E-state index contributed by atoms with van der Waals surface area (Å²) >= 11 is 0. The highest BCUT2D eigenvalue weighted by atomic mass is 16.5. The molecule has 18 heavy (non-hydrogen) atoms. The van der Waals surface area contributed by atoms with Crippen LogP contribution in [-0.2, 0) is 0 Å². The molecule has 2 N–H and O–H groups in total. The van der Waals surface area contributed by atoms with E-state index in [4.69, 9.17) is 10.5 Å². The highest BCUT2D eigenvalue weighted by Gasteiger charge is 2.16. The van der Waals surface area contributed by atoms with Gasteiger partial charge in [0.05, 0.1) is 7.11 Å². The maximum atomic E-state index is 6.28. The minimum atomic E-state index is -0.0265. The summed E-state index contributed by atoms with van der Waals surface area (Å²) in [6.07, 6.45) is 3.55. The molecule has 0 spiro atoms. The van der Waals surface area contributed by atoms with Crippen molar-refractivity contribution in [2.24, 2.45) is 5.73 Å². The molecule has 0 aliphatic carbocycles. The maximum Gasteiger partial charge on any atom is 0.118 e. The summed E-state index contributed by atoms with van der Waals surface area (Å²) in [5, 5.41) is 0. The highest BCUT2D eigenvalue weighted by molar-refractivity contribution is 5.31. The van der Waals surface area contributed by atoms with Gasteiger partial charge in [-0.2, -0.15) is 0 Å². The highest BCUT2D eigenvalue weighted by Crippen LogP contribution is 2.29. The normalized spacial score (nSPS) is 13.9. The molecular weight excluding hydrogens is 224 g/mol. The van der Waals surface area contributed by atoms with Crippen molar-refractivity contribution in [2.75, 3.05) is 7.11 Å². The van der Waals surface area contributed by atoms with Gasteiger partial charge >= 0.3 is 0 Å². The van der Waals surface area contributed by atoms with Crippen molar-refractivity contribution in [1.29, 1.82) is 0 Å². The lowest BCUT2D eigenvalue weighted by Crippen LogP contribution is -2.17. The van der Waals surface area contributed by atoms with Crippen LogP contribution < -0.4 is 10.5 Å². The van der Waals surface area contributed by atoms with Gasteiger partial charge in [0.15, 0.2) is 0 Å². The third kappa shape index (κ3) is 2.68. The lowest BCUT2D eigenvalue weighted by atomic mass is 9.90. The number of hydrogen-bond acceptors (Lipinski definition) is 3. The van der Waals surface area contributed by atoms with Crippen LogP contribution in [0.2, 0.25) is 0 Å². The van der Waals surface area contributed by atoms with E-state index in [0.29, 0.717) is 0 Å². The molecule has 94 valence electrons. The molecule has 1 aromatic carbocycles.